The minimum Gasteiger partial charge on any atom is -0.389 e. The van der Waals surface area contributed by atoms with Crippen molar-refractivity contribution in [1.29, 1.82) is 0 Å². The summed E-state index contributed by atoms with van der Waals surface area (Å²) in [4.78, 5) is 2.14. The molecule has 0 aromatic heterocycles. The van der Waals surface area contributed by atoms with E-state index in [4.69, 9.17) is 29.6 Å². The Morgan fingerprint density at radius 2 is 1.90 bits per heavy atom. The minimum absolute atomic E-state index is 0.0559. The summed E-state index contributed by atoms with van der Waals surface area (Å²) in [6, 6.07) is 4.45. The third-order valence-corrected chi connectivity index (χ3v) is 5.34. The topological polar surface area (TPSA) is 66.6 Å². The zero-order valence-electron chi connectivity index (χ0n) is 11.6. The van der Waals surface area contributed by atoms with Crippen LogP contribution in [0.4, 0.5) is 0 Å². The molecule has 1 aromatic carbocycles. The molecule has 20 heavy (non-hydrogen) atoms. The Morgan fingerprint density at radius 1 is 1.30 bits per heavy atom. The average Bonchev–Trinajstić information content (AvgIpc) is 2.35. The fourth-order valence-electron chi connectivity index (χ4n) is 1.49. The average molecular weight is 336 g/mol. The van der Waals surface area contributed by atoms with Gasteiger partial charge in [-0.1, -0.05) is 29.9 Å². The van der Waals surface area contributed by atoms with Crippen LogP contribution in [0.15, 0.2) is 23.1 Å². The molecule has 0 fully saturated rings. The molecule has 112 valence electrons. The summed E-state index contributed by atoms with van der Waals surface area (Å²) in [5.41, 5.74) is 6.03. The van der Waals surface area contributed by atoms with E-state index in [1.54, 1.807) is 6.07 Å². The monoisotopic (exact) mass is 335 g/mol. The molecule has 0 saturated heterocycles. The highest BCUT2D eigenvalue weighted by Gasteiger charge is 2.23. The number of nitrogens with two attached hydrogens (primary N) is 1. The largest absolute Gasteiger partial charge is 0.389 e. The molecule has 0 bridgehead atoms. The standard InChI is InChI=1S/C12H18ClN3O2S2/c1-15(2)6-7-16(3)20(17,18)11-5-4-9(12(14)19)8-10(11)13/h4-5,8H,6-7H2,1-3H3,(H2,14,19). The number of likely N-dealkylation sites (N-methyl/N-ethyl adjacent to an activating group) is 2. The molecule has 0 unspecified atom stereocenters. The second-order valence-corrected chi connectivity index (χ2v) is 7.50. The molecule has 1 aromatic rings. The molecule has 8 heteroatoms. The summed E-state index contributed by atoms with van der Waals surface area (Å²) in [6.45, 7) is 1.00. The van der Waals surface area contributed by atoms with Crippen molar-refractivity contribution in [2.24, 2.45) is 5.73 Å². The van der Waals surface area contributed by atoms with Gasteiger partial charge in [0.15, 0.2) is 0 Å². The second kappa shape index (κ2) is 6.82. The Labute approximate surface area is 130 Å². The number of thiocarbonyl (C=S) groups is 1. The van der Waals surface area contributed by atoms with Crippen molar-refractivity contribution in [2.75, 3.05) is 34.2 Å². The van der Waals surface area contributed by atoms with E-state index >= 15 is 0 Å². The van der Waals surface area contributed by atoms with E-state index < -0.39 is 10.0 Å². The molecular formula is C12H18ClN3O2S2. The van der Waals surface area contributed by atoms with Gasteiger partial charge in [0.1, 0.15) is 9.88 Å². The highest BCUT2D eigenvalue weighted by Crippen LogP contribution is 2.25. The Bertz CT molecular complexity index is 603. The van der Waals surface area contributed by atoms with Gasteiger partial charge in [-0.25, -0.2) is 8.42 Å². The predicted octanol–water partition coefficient (Wildman–Crippen LogP) is 1.16. The first-order valence-electron chi connectivity index (χ1n) is 5.86. The van der Waals surface area contributed by atoms with Crippen LogP contribution in [0, 0.1) is 0 Å². The van der Waals surface area contributed by atoms with Gasteiger partial charge in [0, 0.05) is 25.7 Å². The lowest BCUT2D eigenvalue weighted by Crippen LogP contribution is -2.33. The van der Waals surface area contributed by atoms with E-state index in [2.05, 4.69) is 0 Å². The summed E-state index contributed by atoms with van der Waals surface area (Å²) >= 11 is 10.9. The van der Waals surface area contributed by atoms with Gasteiger partial charge in [-0.3, -0.25) is 0 Å². The maximum atomic E-state index is 12.4. The van der Waals surface area contributed by atoms with Crippen LogP contribution in [0.25, 0.3) is 0 Å². The molecule has 0 atom stereocenters. The van der Waals surface area contributed by atoms with Crippen LogP contribution < -0.4 is 5.73 Å². The van der Waals surface area contributed by atoms with Crippen molar-refractivity contribution in [3.8, 4) is 0 Å². The summed E-state index contributed by atoms with van der Waals surface area (Å²) in [5.74, 6) is 0. The molecule has 0 aliphatic carbocycles. The number of nitrogens with zero attached hydrogens (tertiary/aromatic N) is 2. The zero-order chi connectivity index (χ0) is 15.5. The number of sulfonamides is 1. The highest BCUT2D eigenvalue weighted by atomic mass is 35.5. The first kappa shape index (κ1) is 17.3. The molecular weight excluding hydrogens is 318 g/mol. The zero-order valence-corrected chi connectivity index (χ0v) is 14.0. The summed E-state index contributed by atoms with van der Waals surface area (Å²) < 4.78 is 26.1. The van der Waals surface area contributed by atoms with Gasteiger partial charge < -0.3 is 10.6 Å². The van der Waals surface area contributed by atoms with Crippen LogP contribution in [-0.4, -0.2) is 56.8 Å². The summed E-state index contributed by atoms with van der Waals surface area (Å²) in [6.07, 6.45) is 0. The highest BCUT2D eigenvalue weighted by molar-refractivity contribution is 7.89. The number of halogens is 1. The van der Waals surface area contributed by atoms with E-state index in [1.165, 1.54) is 23.5 Å². The smallest absolute Gasteiger partial charge is 0.244 e. The number of hydrogen-bond acceptors (Lipinski definition) is 4. The molecule has 1 rings (SSSR count). The third-order valence-electron chi connectivity index (χ3n) is 2.77. The van der Waals surface area contributed by atoms with Crippen LogP contribution in [0.3, 0.4) is 0 Å². The summed E-state index contributed by atoms with van der Waals surface area (Å²) in [7, 11) is 1.67. The molecule has 0 saturated carbocycles. The first-order chi connectivity index (χ1) is 9.16. The van der Waals surface area contributed by atoms with Gasteiger partial charge in [-0.15, -0.1) is 0 Å². The molecule has 0 amide bonds. The van der Waals surface area contributed by atoms with Gasteiger partial charge in [0.25, 0.3) is 0 Å². The van der Waals surface area contributed by atoms with Crippen molar-refractivity contribution in [3.63, 3.8) is 0 Å². The van der Waals surface area contributed by atoms with Crippen LogP contribution in [0.2, 0.25) is 5.02 Å². The second-order valence-electron chi connectivity index (χ2n) is 4.64. The minimum atomic E-state index is -3.62. The van der Waals surface area contributed by atoms with E-state index in [0.29, 0.717) is 18.7 Å². The van der Waals surface area contributed by atoms with Crippen LogP contribution in [0.5, 0.6) is 0 Å². The Morgan fingerprint density at radius 3 is 2.35 bits per heavy atom. The fraction of sp³-hybridized carbons (Fsp3) is 0.417. The Balaban J connectivity index is 3.06. The number of rotatable bonds is 6. The predicted molar refractivity (Wildman–Crippen MR) is 85.7 cm³/mol. The van der Waals surface area contributed by atoms with Crippen LogP contribution in [-0.2, 0) is 10.0 Å². The van der Waals surface area contributed by atoms with Gasteiger partial charge in [0.2, 0.25) is 10.0 Å². The van der Waals surface area contributed by atoms with E-state index in [9.17, 15) is 8.42 Å². The quantitative estimate of drug-likeness (QED) is 0.790. The van der Waals surface area contributed by atoms with E-state index in [0.717, 1.165) is 0 Å². The number of benzene rings is 1. The Kier molecular flexibility index (Phi) is 5.91. The molecule has 0 heterocycles. The lowest BCUT2D eigenvalue weighted by molar-refractivity contribution is 0.358. The third kappa shape index (κ3) is 4.13. The molecule has 5 nitrogen and oxygen atoms in total. The van der Waals surface area contributed by atoms with E-state index in [-0.39, 0.29) is 14.9 Å². The lowest BCUT2D eigenvalue weighted by Gasteiger charge is -2.20. The van der Waals surface area contributed by atoms with Gasteiger partial charge in [0.05, 0.1) is 5.02 Å². The first-order valence-corrected chi connectivity index (χ1v) is 8.09. The maximum absolute atomic E-state index is 12.4. The van der Waals surface area contributed by atoms with E-state index in [1.807, 2.05) is 19.0 Å². The molecule has 0 aliphatic rings. The summed E-state index contributed by atoms with van der Waals surface area (Å²) in [5, 5.41) is 0.118. The SMILES string of the molecule is CN(C)CCN(C)S(=O)(=O)c1ccc(C(N)=S)cc1Cl. The van der Waals surface area contributed by atoms with Crippen molar-refractivity contribution < 1.29 is 8.42 Å². The number of hydrogen-bond donors (Lipinski definition) is 1. The lowest BCUT2D eigenvalue weighted by atomic mass is 10.2. The van der Waals surface area contributed by atoms with Crippen molar-refractivity contribution in [2.45, 2.75) is 4.90 Å². The van der Waals surface area contributed by atoms with Crippen molar-refractivity contribution in [3.05, 3.63) is 28.8 Å². The fourth-order valence-corrected chi connectivity index (χ4v) is 3.30. The van der Waals surface area contributed by atoms with Gasteiger partial charge in [-0.05, 0) is 26.2 Å². The van der Waals surface area contributed by atoms with Gasteiger partial charge >= 0.3 is 0 Å². The molecule has 2 N–H and O–H groups in total. The Hall–Kier alpha value is -0.730. The molecule has 0 aliphatic heterocycles. The van der Waals surface area contributed by atoms with Crippen LogP contribution >= 0.6 is 23.8 Å². The van der Waals surface area contributed by atoms with Crippen molar-refractivity contribution >= 4 is 38.8 Å². The van der Waals surface area contributed by atoms with Crippen LogP contribution in [0.1, 0.15) is 5.56 Å². The molecule has 0 spiro atoms. The van der Waals surface area contributed by atoms with Gasteiger partial charge in [-0.2, -0.15) is 4.31 Å². The normalized spacial score (nSPS) is 12.1. The van der Waals surface area contributed by atoms with Crippen molar-refractivity contribution in [1.82, 2.24) is 9.21 Å². The maximum Gasteiger partial charge on any atom is 0.244 e. The molecule has 0 radical (unpaired) electrons.